The maximum Gasteiger partial charge on any atom is 0.343 e. The number of rotatable bonds is 5. The first-order valence-electron chi connectivity index (χ1n) is 8.72. The van der Waals surface area contributed by atoms with Crippen molar-refractivity contribution in [3.05, 3.63) is 69.7 Å². The van der Waals surface area contributed by atoms with Gasteiger partial charge in [0.05, 0.1) is 10.7 Å². The van der Waals surface area contributed by atoms with E-state index in [1.54, 1.807) is 42.1 Å². The van der Waals surface area contributed by atoms with Crippen molar-refractivity contribution >= 4 is 29.2 Å². The van der Waals surface area contributed by atoms with Crippen molar-refractivity contribution in [2.75, 3.05) is 11.9 Å². The third kappa shape index (κ3) is 4.18. The number of nitrogens with one attached hydrogen (secondary N) is 1. The summed E-state index contributed by atoms with van der Waals surface area (Å²) in [5, 5.41) is 12.5. The van der Waals surface area contributed by atoms with Gasteiger partial charge in [-0.15, -0.1) is 0 Å². The Bertz CT molecular complexity index is 1100. The van der Waals surface area contributed by atoms with Crippen LogP contribution in [0, 0.1) is 32.1 Å². The minimum Gasteiger partial charge on any atom is -0.452 e. The lowest BCUT2D eigenvalue weighted by Crippen LogP contribution is -2.22. The average Bonchev–Trinajstić information content (AvgIpc) is 3.29. The van der Waals surface area contributed by atoms with Gasteiger partial charge in [-0.05, 0) is 50.1 Å². The largest absolute Gasteiger partial charge is 0.452 e. The number of halogens is 1. The lowest BCUT2D eigenvalue weighted by molar-refractivity contribution is -0.119. The van der Waals surface area contributed by atoms with Crippen LogP contribution in [-0.4, -0.2) is 23.1 Å². The van der Waals surface area contributed by atoms with E-state index in [1.807, 2.05) is 26.0 Å². The van der Waals surface area contributed by atoms with Crippen molar-refractivity contribution in [2.24, 2.45) is 0 Å². The Morgan fingerprint density at radius 3 is 2.55 bits per heavy atom. The Morgan fingerprint density at radius 2 is 1.93 bits per heavy atom. The summed E-state index contributed by atoms with van der Waals surface area (Å²) in [6.45, 7) is 4.74. The van der Waals surface area contributed by atoms with Gasteiger partial charge in [-0.3, -0.25) is 9.36 Å². The summed E-state index contributed by atoms with van der Waals surface area (Å²) in [4.78, 5) is 24.7. The highest BCUT2D eigenvalue weighted by Gasteiger charge is 2.26. The molecule has 0 radical (unpaired) electrons. The summed E-state index contributed by atoms with van der Waals surface area (Å²) in [6.07, 6.45) is 3.38. The van der Waals surface area contributed by atoms with E-state index in [9.17, 15) is 14.9 Å². The average molecular weight is 412 g/mol. The second kappa shape index (κ2) is 8.25. The molecule has 7 nitrogen and oxygen atoms in total. The Kier molecular flexibility index (Phi) is 5.76. The second-order valence-electron chi connectivity index (χ2n) is 6.48. The van der Waals surface area contributed by atoms with Crippen LogP contribution in [0.25, 0.3) is 5.88 Å². The summed E-state index contributed by atoms with van der Waals surface area (Å²) in [7, 11) is 0. The number of nitrogens with zero attached hydrogens (tertiary/aromatic N) is 2. The van der Waals surface area contributed by atoms with E-state index in [2.05, 4.69) is 5.32 Å². The molecule has 148 valence electrons. The third-order valence-corrected chi connectivity index (χ3v) is 4.55. The van der Waals surface area contributed by atoms with E-state index in [4.69, 9.17) is 20.8 Å². The standard InChI is InChI=1S/C21H18ClN3O4/c1-12-8-13(2)19(16(22)9-12)24-17(26)11-28-21(27)18-14(3)29-20(15(18)10-23)25-6-4-5-7-25/h4-9H,11H2,1-3H3,(H,24,26). The third-order valence-electron chi connectivity index (χ3n) is 4.25. The van der Waals surface area contributed by atoms with Crippen LogP contribution < -0.4 is 5.32 Å². The van der Waals surface area contributed by atoms with E-state index in [0.717, 1.165) is 11.1 Å². The van der Waals surface area contributed by atoms with Crippen molar-refractivity contribution in [2.45, 2.75) is 20.8 Å². The van der Waals surface area contributed by atoms with Crippen LogP contribution in [-0.2, 0) is 9.53 Å². The molecule has 0 unspecified atom stereocenters. The van der Waals surface area contributed by atoms with Crippen molar-refractivity contribution < 1.29 is 18.7 Å². The van der Waals surface area contributed by atoms with Gasteiger partial charge in [0, 0.05) is 12.4 Å². The van der Waals surface area contributed by atoms with Gasteiger partial charge in [0.2, 0.25) is 5.88 Å². The van der Waals surface area contributed by atoms with Gasteiger partial charge in [0.25, 0.3) is 5.91 Å². The van der Waals surface area contributed by atoms with Gasteiger partial charge in [-0.1, -0.05) is 17.7 Å². The molecule has 8 heteroatoms. The summed E-state index contributed by atoms with van der Waals surface area (Å²) in [5.74, 6) is -0.915. The molecule has 3 aromatic rings. The normalized spacial score (nSPS) is 10.4. The predicted octanol–water partition coefficient (Wildman–Crippen LogP) is 4.32. The number of carbonyl (C=O) groups excluding carboxylic acids is 2. The fraction of sp³-hybridized carbons (Fsp3) is 0.190. The van der Waals surface area contributed by atoms with Gasteiger partial charge in [0.15, 0.2) is 6.61 Å². The first-order valence-corrected chi connectivity index (χ1v) is 9.10. The van der Waals surface area contributed by atoms with Gasteiger partial charge >= 0.3 is 5.97 Å². The Morgan fingerprint density at radius 1 is 1.24 bits per heavy atom. The molecule has 0 saturated carbocycles. The maximum absolute atomic E-state index is 12.5. The van der Waals surface area contributed by atoms with Crippen LogP contribution in [0.5, 0.6) is 0 Å². The molecule has 1 N–H and O–H groups in total. The summed E-state index contributed by atoms with van der Waals surface area (Å²) in [5.41, 5.74) is 2.26. The number of nitriles is 1. The summed E-state index contributed by atoms with van der Waals surface area (Å²) < 4.78 is 12.3. The molecule has 3 rings (SSSR count). The number of carbonyl (C=O) groups is 2. The van der Waals surface area contributed by atoms with E-state index < -0.39 is 18.5 Å². The molecule has 1 amide bonds. The first-order chi connectivity index (χ1) is 13.8. The number of aromatic nitrogens is 1. The highest BCUT2D eigenvalue weighted by Crippen LogP contribution is 2.28. The van der Waals surface area contributed by atoms with Crippen molar-refractivity contribution in [1.82, 2.24) is 4.57 Å². The Balaban J connectivity index is 1.73. The number of ether oxygens (including phenoxy) is 1. The number of hydrogen-bond donors (Lipinski definition) is 1. The fourth-order valence-corrected chi connectivity index (χ4v) is 3.35. The van der Waals surface area contributed by atoms with Crippen molar-refractivity contribution in [1.29, 1.82) is 5.26 Å². The van der Waals surface area contributed by atoms with Crippen LogP contribution in [0.15, 0.2) is 41.1 Å². The van der Waals surface area contributed by atoms with Crippen LogP contribution in [0.4, 0.5) is 5.69 Å². The van der Waals surface area contributed by atoms with Gasteiger partial charge in [-0.25, -0.2) is 4.79 Å². The van der Waals surface area contributed by atoms with Crippen molar-refractivity contribution in [3.63, 3.8) is 0 Å². The zero-order chi connectivity index (χ0) is 21.1. The molecule has 2 aromatic heterocycles. The topological polar surface area (TPSA) is 97.3 Å². The summed E-state index contributed by atoms with van der Waals surface area (Å²) >= 11 is 6.18. The highest BCUT2D eigenvalue weighted by molar-refractivity contribution is 6.34. The number of amides is 1. The Hall–Kier alpha value is -3.50. The highest BCUT2D eigenvalue weighted by atomic mass is 35.5. The van der Waals surface area contributed by atoms with E-state index >= 15 is 0 Å². The number of aryl methyl sites for hydroxylation is 3. The zero-order valence-electron chi connectivity index (χ0n) is 16.1. The van der Waals surface area contributed by atoms with E-state index in [-0.39, 0.29) is 22.8 Å². The predicted molar refractivity (Wildman–Crippen MR) is 107 cm³/mol. The molecule has 29 heavy (non-hydrogen) atoms. The maximum atomic E-state index is 12.5. The minimum absolute atomic E-state index is 0.00597. The van der Waals surface area contributed by atoms with Gasteiger partial charge in [-0.2, -0.15) is 5.26 Å². The van der Waals surface area contributed by atoms with Crippen LogP contribution in [0.1, 0.15) is 32.8 Å². The Labute approximate surface area is 172 Å². The molecule has 0 saturated heterocycles. The molecular weight excluding hydrogens is 394 g/mol. The number of esters is 1. The molecule has 1 aromatic carbocycles. The van der Waals surface area contributed by atoms with Gasteiger partial charge in [0.1, 0.15) is 23.0 Å². The number of hydrogen-bond acceptors (Lipinski definition) is 5. The molecule has 0 spiro atoms. The van der Waals surface area contributed by atoms with Crippen LogP contribution >= 0.6 is 11.6 Å². The molecule has 0 aliphatic heterocycles. The lowest BCUT2D eigenvalue weighted by Gasteiger charge is -2.11. The molecule has 0 atom stereocenters. The number of anilines is 1. The number of furan rings is 1. The summed E-state index contributed by atoms with van der Waals surface area (Å²) in [6, 6.07) is 9.10. The van der Waals surface area contributed by atoms with E-state index in [0.29, 0.717) is 10.7 Å². The smallest absolute Gasteiger partial charge is 0.343 e. The van der Waals surface area contributed by atoms with Crippen LogP contribution in [0.2, 0.25) is 5.02 Å². The molecule has 0 aliphatic rings. The molecule has 0 bridgehead atoms. The SMILES string of the molecule is Cc1cc(C)c(NC(=O)COC(=O)c2c(C)oc(-n3cccc3)c2C#N)c(Cl)c1. The lowest BCUT2D eigenvalue weighted by atomic mass is 10.1. The molecule has 0 aliphatic carbocycles. The second-order valence-corrected chi connectivity index (χ2v) is 6.89. The van der Waals surface area contributed by atoms with Gasteiger partial charge < -0.3 is 14.5 Å². The van der Waals surface area contributed by atoms with E-state index in [1.165, 1.54) is 0 Å². The fourth-order valence-electron chi connectivity index (χ4n) is 2.98. The first kappa shape index (κ1) is 20.2. The van der Waals surface area contributed by atoms with Crippen molar-refractivity contribution in [3.8, 4) is 12.0 Å². The van der Waals surface area contributed by atoms with Crippen LogP contribution in [0.3, 0.4) is 0 Å². The quantitative estimate of drug-likeness (QED) is 0.630. The minimum atomic E-state index is -0.817. The molecule has 2 heterocycles. The monoisotopic (exact) mass is 411 g/mol. The molecular formula is C21H18ClN3O4. The molecule has 0 fully saturated rings. The number of benzene rings is 1. The zero-order valence-corrected chi connectivity index (χ0v) is 16.8.